The van der Waals surface area contributed by atoms with Crippen molar-refractivity contribution in [3.8, 4) is 0 Å². The average molecular weight is 185 g/mol. The summed E-state index contributed by atoms with van der Waals surface area (Å²) in [6, 6.07) is 0. The number of hydrogen-bond acceptors (Lipinski definition) is 3. The fourth-order valence-corrected chi connectivity index (χ4v) is 1.46. The molecule has 1 heterocycles. The van der Waals surface area contributed by atoms with Crippen LogP contribution in [0.25, 0.3) is 0 Å². The van der Waals surface area contributed by atoms with Crippen LogP contribution in [0.4, 0.5) is 5.69 Å². The quantitative estimate of drug-likeness (QED) is 0.775. The highest BCUT2D eigenvalue weighted by Crippen LogP contribution is 2.14. The number of rotatable bonds is 3. The Morgan fingerprint density at radius 1 is 1.50 bits per heavy atom. The van der Waals surface area contributed by atoms with Gasteiger partial charge in [-0.2, -0.15) is 16.9 Å². The lowest BCUT2D eigenvalue weighted by Gasteiger charge is -2.01. The monoisotopic (exact) mass is 185 g/mol. The maximum Gasteiger partial charge on any atom is 0.0825 e. The van der Waals surface area contributed by atoms with Gasteiger partial charge in [-0.3, -0.25) is 4.68 Å². The lowest BCUT2D eigenvalue weighted by molar-refractivity contribution is 0.641. The van der Waals surface area contributed by atoms with Gasteiger partial charge in [-0.1, -0.05) is 0 Å². The second-order valence-electron chi connectivity index (χ2n) is 2.80. The van der Waals surface area contributed by atoms with E-state index >= 15 is 0 Å². The molecule has 3 nitrogen and oxygen atoms in total. The van der Waals surface area contributed by atoms with Gasteiger partial charge in [-0.25, -0.2) is 0 Å². The molecule has 1 rings (SSSR count). The van der Waals surface area contributed by atoms with E-state index in [0.29, 0.717) is 0 Å². The van der Waals surface area contributed by atoms with Crippen molar-refractivity contribution in [3.63, 3.8) is 0 Å². The fourth-order valence-electron chi connectivity index (χ4n) is 1.11. The molecule has 2 N–H and O–H groups in total. The molecule has 1 aromatic heterocycles. The summed E-state index contributed by atoms with van der Waals surface area (Å²) in [7, 11) is 0. The third kappa shape index (κ3) is 1.75. The van der Waals surface area contributed by atoms with Gasteiger partial charge in [0.05, 0.1) is 23.6 Å². The van der Waals surface area contributed by atoms with E-state index in [2.05, 4.69) is 11.4 Å². The molecule has 68 valence electrons. The SMILES string of the molecule is CSCCn1nc(C)c(N)c1C. The Labute approximate surface area is 77.3 Å². The minimum atomic E-state index is 0.830. The first-order valence-corrected chi connectivity index (χ1v) is 5.34. The second-order valence-corrected chi connectivity index (χ2v) is 3.79. The van der Waals surface area contributed by atoms with E-state index in [1.165, 1.54) is 0 Å². The number of anilines is 1. The van der Waals surface area contributed by atoms with Crippen LogP contribution in [0.1, 0.15) is 11.4 Å². The maximum absolute atomic E-state index is 5.78. The minimum absolute atomic E-state index is 0.830. The molecule has 0 unspecified atom stereocenters. The summed E-state index contributed by atoms with van der Waals surface area (Å²) < 4.78 is 1.97. The van der Waals surface area contributed by atoms with Gasteiger partial charge in [0.2, 0.25) is 0 Å². The molecule has 0 aliphatic carbocycles. The van der Waals surface area contributed by atoms with Crippen molar-refractivity contribution in [3.05, 3.63) is 11.4 Å². The predicted molar refractivity (Wildman–Crippen MR) is 54.5 cm³/mol. The van der Waals surface area contributed by atoms with Crippen molar-refractivity contribution in [1.29, 1.82) is 0 Å². The molecule has 0 amide bonds. The van der Waals surface area contributed by atoms with Gasteiger partial charge in [0.1, 0.15) is 0 Å². The van der Waals surface area contributed by atoms with Gasteiger partial charge >= 0.3 is 0 Å². The molecule has 4 heteroatoms. The molecule has 0 saturated heterocycles. The van der Waals surface area contributed by atoms with Crippen LogP contribution in [-0.4, -0.2) is 21.8 Å². The molecule has 12 heavy (non-hydrogen) atoms. The number of aromatic nitrogens is 2. The van der Waals surface area contributed by atoms with Crippen molar-refractivity contribution < 1.29 is 0 Å². The summed E-state index contributed by atoms with van der Waals surface area (Å²) in [4.78, 5) is 0. The molecule has 0 radical (unpaired) electrons. The first kappa shape index (κ1) is 9.45. The van der Waals surface area contributed by atoms with Gasteiger partial charge in [0.15, 0.2) is 0 Å². The summed E-state index contributed by atoms with van der Waals surface area (Å²) in [5.74, 6) is 1.08. The van der Waals surface area contributed by atoms with E-state index < -0.39 is 0 Å². The van der Waals surface area contributed by atoms with Crippen LogP contribution >= 0.6 is 11.8 Å². The second kappa shape index (κ2) is 3.85. The molecule has 0 saturated carbocycles. The third-order valence-electron chi connectivity index (χ3n) is 1.94. The number of nitrogens with zero attached hydrogens (tertiary/aromatic N) is 2. The maximum atomic E-state index is 5.78. The summed E-state index contributed by atoms with van der Waals surface area (Å²) >= 11 is 1.82. The van der Waals surface area contributed by atoms with Crippen LogP contribution in [-0.2, 0) is 6.54 Å². The first-order chi connectivity index (χ1) is 5.66. The Kier molecular flexibility index (Phi) is 3.03. The molecule has 0 aliphatic heterocycles. The van der Waals surface area contributed by atoms with Crippen LogP contribution in [0.2, 0.25) is 0 Å². The first-order valence-electron chi connectivity index (χ1n) is 3.95. The average Bonchev–Trinajstić information content (AvgIpc) is 2.30. The zero-order valence-electron chi connectivity index (χ0n) is 7.79. The van der Waals surface area contributed by atoms with Gasteiger partial charge in [-0.05, 0) is 20.1 Å². The Morgan fingerprint density at radius 2 is 2.17 bits per heavy atom. The minimum Gasteiger partial charge on any atom is -0.396 e. The van der Waals surface area contributed by atoms with Crippen LogP contribution < -0.4 is 5.73 Å². The third-order valence-corrected chi connectivity index (χ3v) is 2.54. The van der Waals surface area contributed by atoms with E-state index in [1.807, 2.05) is 30.3 Å². The molecule has 0 atom stereocenters. The zero-order chi connectivity index (χ0) is 9.14. The molecule has 0 fully saturated rings. The van der Waals surface area contributed by atoms with E-state index in [-0.39, 0.29) is 0 Å². The number of aryl methyl sites for hydroxylation is 2. The number of hydrogen-bond donors (Lipinski definition) is 1. The Bertz CT molecular complexity index is 268. The van der Waals surface area contributed by atoms with Crippen molar-refractivity contribution in [1.82, 2.24) is 9.78 Å². The highest BCUT2D eigenvalue weighted by molar-refractivity contribution is 7.98. The topological polar surface area (TPSA) is 43.8 Å². The number of nitrogens with two attached hydrogens (primary N) is 1. The molecule has 0 aromatic carbocycles. The van der Waals surface area contributed by atoms with Gasteiger partial charge in [-0.15, -0.1) is 0 Å². The van der Waals surface area contributed by atoms with Gasteiger partial charge < -0.3 is 5.73 Å². The molecular formula is C8H15N3S. The number of nitrogen functional groups attached to an aromatic ring is 1. The van der Waals surface area contributed by atoms with Crippen molar-refractivity contribution in [2.75, 3.05) is 17.7 Å². The largest absolute Gasteiger partial charge is 0.396 e. The smallest absolute Gasteiger partial charge is 0.0825 e. The fraction of sp³-hybridized carbons (Fsp3) is 0.625. The van der Waals surface area contributed by atoms with Gasteiger partial charge in [0, 0.05) is 5.75 Å². The van der Waals surface area contributed by atoms with Crippen LogP contribution in [0.3, 0.4) is 0 Å². The zero-order valence-corrected chi connectivity index (χ0v) is 8.61. The normalized spacial score (nSPS) is 10.6. The van der Waals surface area contributed by atoms with Crippen LogP contribution in [0, 0.1) is 13.8 Å². The van der Waals surface area contributed by atoms with Gasteiger partial charge in [0.25, 0.3) is 0 Å². The summed E-state index contributed by atoms with van der Waals surface area (Å²) in [6.45, 7) is 4.90. The highest BCUT2D eigenvalue weighted by atomic mass is 32.2. The lowest BCUT2D eigenvalue weighted by Crippen LogP contribution is -2.04. The molecule has 0 aliphatic rings. The van der Waals surface area contributed by atoms with E-state index in [0.717, 1.165) is 29.4 Å². The molecule has 0 bridgehead atoms. The van der Waals surface area contributed by atoms with Crippen molar-refractivity contribution in [2.45, 2.75) is 20.4 Å². The Balaban J connectivity index is 2.79. The number of thioether (sulfide) groups is 1. The van der Waals surface area contributed by atoms with E-state index in [1.54, 1.807) is 0 Å². The Morgan fingerprint density at radius 3 is 2.58 bits per heavy atom. The van der Waals surface area contributed by atoms with E-state index in [9.17, 15) is 0 Å². The highest BCUT2D eigenvalue weighted by Gasteiger charge is 2.06. The Hall–Kier alpha value is -0.640. The lowest BCUT2D eigenvalue weighted by atomic mass is 10.3. The standard InChI is InChI=1S/C8H15N3S/c1-6-8(9)7(2)11(10-6)4-5-12-3/h4-5,9H2,1-3H3. The predicted octanol–water partition coefficient (Wildman–Crippen LogP) is 1.45. The summed E-state index contributed by atoms with van der Waals surface area (Å²) in [5, 5.41) is 4.33. The molecular weight excluding hydrogens is 170 g/mol. The summed E-state index contributed by atoms with van der Waals surface area (Å²) in [6.07, 6.45) is 2.09. The molecule has 0 spiro atoms. The van der Waals surface area contributed by atoms with E-state index in [4.69, 9.17) is 5.73 Å². The van der Waals surface area contributed by atoms with Crippen molar-refractivity contribution in [2.24, 2.45) is 0 Å². The van der Waals surface area contributed by atoms with Crippen LogP contribution in [0.15, 0.2) is 0 Å². The summed E-state index contributed by atoms with van der Waals surface area (Å²) in [5.41, 5.74) is 8.64. The van der Waals surface area contributed by atoms with Crippen molar-refractivity contribution >= 4 is 17.4 Å². The molecule has 1 aromatic rings. The van der Waals surface area contributed by atoms with Crippen LogP contribution in [0.5, 0.6) is 0 Å².